The third-order valence-electron chi connectivity index (χ3n) is 3.09. The van der Waals surface area contributed by atoms with Crippen LogP contribution in [0.4, 0.5) is 11.5 Å². The normalized spacial score (nSPS) is 10.7. The number of benzene rings is 1. The predicted molar refractivity (Wildman–Crippen MR) is 95.7 cm³/mol. The standard InChI is InChI=1S/C16H18Cl2N4O/c1-22(2)9-8-19-14-7-6-11(10-20-14)16(23)21-13-5-3-4-12(17)15(13)18/h3-7,10H,8-9H2,1-2H3,(H,19,20)(H,21,23). The van der Waals surface area contributed by atoms with Crippen LogP contribution in [-0.4, -0.2) is 43.0 Å². The Morgan fingerprint density at radius 1 is 1.22 bits per heavy atom. The number of pyridine rings is 1. The van der Waals surface area contributed by atoms with Crippen molar-refractivity contribution < 1.29 is 4.79 Å². The number of nitrogens with zero attached hydrogens (tertiary/aromatic N) is 2. The molecule has 122 valence electrons. The molecule has 7 heteroatoms. The van der Waals surface area contributed by atoms with Crippen LogP contribution in [0.1, 0.15) is 10.4 Å². The number of aromatic nitrogens is 1. The van der Waals surface area contributed by atoms with E-state index in [0.717, 1.165) is 18.9 Å². The second-order valence-electron chi connectivity index (χ2n) is 5.22. The molecule has 1 aromatic carbocycles. The Bertz CT molecular complexity index is 674. The molecule has 0 spiro atoms. The van der Waals surface area contributed by atoms with Gasteiger partial charge in [0.05, 0.1) is 21.3 Å². The van der Waals surface area contributed by atoms with Crippen molar-refractivity contribution in [2.45, 2.75) is 0 Å². The topological polar surface area (TPSA) is 57.3 Å². The smallest absolute Gasteiger partial charge is 0.257 e. The minimum absolute atomic E-state index is 0.290. The second kappa shape index (κ2) is 8.15. The molecule has 2 aromatic rings. The van der Waals surface area contributed by atoms with Crippen LogP contribution < -0.4 is 10.6 Å². The van der Waals surface area contributed by atoms with Crippen molar-refractivity contribution in [2.24, 2.45) is 0 Å². The van der Waals surface area contributed by atoms with Gasteiger partial charge in [0, 0.05) is 19.3 Å². The largest absolute Gasteiger partial charge is 0.369 e. The molecule has 5 nitrogen and oxygen atoms in total. The molecule has 0 aliphatic heterocycles. The van der Waals surface area contributed by atoms with Crippen LogP contribution >= 0.6 is 23.2 Å². The van der Waals surface area contributed by atoms with E-state index in [1.165, 1.54) is 6.20 Å². The van der Waals surface area contributed by atoms with Crippen molar-refractivity contribution in [3.8, 4) is 0 Å². The van der Waals surface area contributed by atoms with Gasteiger partial charge in [-0.1, -0.05) is 29.3 Å². The van der Waals surface area contributed by atoms with Gasteiger partial charge in [-0.25, -0.2) is 4.98 Å². The summed E-state index contributed by atoms with van der Waals surface area (Å²) in [5.74, 6) is 0.436. The van der Waals surface area contributed by atoms with Crippen molar-refractivity contribution in [2.75, 3.05) is 37.8 Å². The Labute approximate surface area is 145 Å². The molecular weight excluding hydrogens is 335 g/mol. The van der Waals surface area contributed by atoms with Gasteiger partial charge in [0.25, 0.3) is 5.91 Å². The minimum atomic E-state index is -0.290. The zero-order valence-electron chi connectivity index (χ0n) is 12.9. The third-order valence-corrected chi connectivity index (χ3v) is 3.91. The molecule has 2 rings (SSSR count). The van der Waals surface area contributed by atoms with Crippen molar-refractivity contribution in [3.05, 3.63) is 52.1 Å². The Kier molecular flexibility index (Phi) is 6.21. The van der Waals surface area contributed by atoms with Crippen LogP contribution in [0.2, 0.25) is 10.0 Å². The van der Waals surface area contributed by atoms with E-state index < -0.39 is 0 Å². The van der Waals surface area contributed by atoms with Crippen LogP contribution in [0.25, 0.3) is 0 Å². The lowest BCUT2D eigenvalue weighted by Crippen LogP contribution is -2.21. The summed E-state index contributed by atoms with van der Waals surface area (Å²) in [4.78, 5) is 18.5. The molecule has 0 atom stereocenters. The summed E-state index contributed by atoms with van der Waals surface area (Å²) in [5.41, 5.74) is 0.913. The predicted octanol–water partition coefficient (Wildman–Crippen LogP) is 3.61. The molecule has 0 saturated heterocycles. The zero-order valence-corrected chi connectivity index (χ0v) is 14.4. The van der Waals surface area contributed by atoms with E-state index in [9.17, 15) is 4.79 Å². The molecule has 23 heavy (non-hydrogen) atoms. The Morgan fingerprint density at radius 3 is 2.65 bits per heavy atom. The minimum Gasteiger partial charge on any atom is -0.369 e. The van der Waals surface area contributed by atoms with Crippen LogP contribution in [0.15, 0.2) is 36.5 Å². The number of rotatable bonds is 6. The summed E-state index contributed by atoms with van der Waals surface area (Å²) >= 11 is 12.0. The maximum absolute atomic E-state index is 12.2. The number of carbonyl (C=O) groups is 1. The Balaban J connectivity index is 1.98. The lowest BCUT2D eigenvalue weighted by molar-refractivity contribution is 0.102. The number of hydrogen-bond acceptors (Lipinski definition) is 4. The molecule has 1 amide bonds. The van der Waals surface area contributed by atoms with Gasteiger partial charge in [0.2, 0.25) is 0 Å². The van der Waals surface area contributed by atoms with Gasteiger partial charge in [-0.2, -0.15) is 0 Å². The molecule has 0 radical (unpaired) electrons. The molecule has 1 aromatic heterocycles. The first kappa shape index (κ1) is 17.5. The van der Waals surface area contributed by atoms with E-state index in [-0.39, 0.29) is 5.91 Å². The van der Waals surface area contributed by atoms with E-state index in [1.807, 2.05) is 14.1 Å². The maximum Gasteiger partial charge on any atom is 0.257 e. The Morgan fingerprint density at radius 2 is 2.00 bits per heavy atom. The maximum atomic E-state index is 12.2. The monoisotopic (exact) mass is 352 g/mol. The highest BCUT2D eigenvalue weighted by atomic mass is 35.5. The van der Waals surface area contributed by atoms with E-state index in [0.29, 0.717) is 21.3 Å². The molecule has 0 aliphatic carbocycles. The number of hydrogen-bond donors (Lipinski definition) is 2. The molecule has 0 bridgehead atoms. The fourth-order valence-corrected chi connectivity index (χ4v) is 2.18. The van der Waals surface area contributed by atoms with Gasteiger partial charge in [-0.3, -0.25) is 4.79 Å². The number of halogens is 2. The molecule has 2 N–H and O–H groups in total. The molecular formula is C16H18Cl2N4O. The number of nitrogens with one attached hydrogen (secondary N) is 2. The highest BCUT2D eigenvalue weighted by Crippen LogP contribution is 2.29. The van der Waals surface area contributed by atoms with Crippen LogP contribution in [-0.2, 0) is 0 Å². The quantitative estimate of drug-likeness (QED) is 0.833. The molecule has 0 aliphatic rings. The molecule has 1 heterocycles. The van der Waals surface area contributed by atoms with E-state index in [4.69, 9.17) is 23.2 Å². The Hall–Kier alpha value is -1.82. The second-order valence-corrected chi connectivity index (χ2v) is 6.00. The summed E-state index contributed by atoms with van der Waals surface area (Å²) < 4.78 is 0. The zero-order chi connectivity index (χ0) is 16.8. The van der Waals surface area contributed by atoms with Gasteiger partial charge in [-0.05, 0) is 38.4 Å². The third kappa shape index (κ3) is 5.10. The van der Waals surface area contributed by atoms with Crippen LogP contribution in [0.5, 0.6) is 0 Å². The van der Waals surface area contributed by atoms with Crippen molar-refractivity contribution in [3.63, 3.8) is 0 Å². The average Bonchev–Trinajstić information content (AvgIpc) is 2.52. The summed E-state index contributed by atoms with van der Waals surface area (Å²) in [6.45, 7) is 1.68. The van der Waals surface area contributed by atoms with Gasteiger partial charge in [0.1, 0.15) is 5.82 Å². The first-order chi connectivity index (χ1) is 11.0. The molecule has 0 fully saturated rings. The van der Waals surface area contributed by atoms with E-state index >= 15 is 0 Å². The number of amides is 1. The summed E-state index contributed by atoms with van der Waals surface area (Å²) in [6.07, 6.45) is 1.52. The SMILES string of the molecule is CN(C)CCNc1ccc(C(=O)Nc2cccc(Cl)c2Cl)cn1. The van der Waals surface area contributed by atoms with Gasteiger partial charge < -0.3 is 15.5 Å². The fraction of sp³-hybridized carbons (Fsp3) is 0.250. The average molecular weight is 353 g/mol. The highest BCUT2D eigenvalue weighted by Gasteiger charge is 2.10. The summed E-state index contributed by atoms with van der Waals surface area (Å²) in [7, 11) is 4.01. The number of anilines is 2. The number of carbonyl (C=O) groups excluding carboxylic acids is 1. The molecule has 0 saturated carbocycles. The fourth-order valence-electron chi connectivity index (χ4n) is 1.84. The first-order valence-corrected chi connectivity index (χ1v) is 7.83. The lowest BCUT2D eigenvalue weighted by Gasteiger charge is -2.11. The molecule has 0 unspecified atom stereocenters. The van der Waals surface area contributed by atoms with E-state index in [1.54, 1.807) is 30.3 Å². The van der Waals surface area contributed by atoms with E-state index in [2.05, 4.69) is 20.5 Å². The van der Waals surface area contributed by atoms with Crippen molar-refractivity contribution in [1.82, 2.24) is 9.88 Å². The van der Waals surface area contributed by atoms with Crippen LogP contribution in [0.3, 0.4) is 0 Å². The number of likely N-dealkylation sites (N-methyl/N-ethyl adjacent to an activating group) is 1. The van der Waals surface area contributed by atoms with Crippen molar-refractivity contribution in [1.29, 1.82) is 0 Å². The summed E-state index contributed by atoms with van der Waals surface area (Å²) in [5, 5.41) is 6.62. The first-order valence-electron chi connectivity index (χ1n) is 7.07. The highest BCUT2D eigenvalue weighted by molar-refractivity contribution is 6.44. The van der Waals surface area contributed by atoms with Crippen molar-refractivity contribution >= 4 is 40.6 Å². The van der Waals surface area contributed by atoms with Gasteiger partial charge in [-0.15, -0.1) is 0 Å². The van der Waals surface area contributed by atoms with Crippen LogP contribution in [0, 0.1) is 0 Å². The lowest BCUT2D eigenvalue weighted by atomic mass is 10.2. The van der Waals surface area contributed by atoms with Gasteiger partial charge >= 0.3 is 0 Å². The van der Waals surface area contributed by atoms with Gasteiger partial charge in [0.15, 0.2) is 0 Å². The summed E-state index contributed by atoms with van der Waals surface area (Å²) in [6, 6.07) is 8.55.